The predicted octanol–water partition coefficient (Wildman–Crippen LogP) is 3.14. The number of urea groups is 1. The van der Waals surface area contributed by atoms with Crippen LogP contribution < -0.4 is 20.9 Å². The molecule has 0 saturated carbocycles. The van der Waals surface area contributed by atoms with Crippen molar-refractivity contribution < 1.29 is 38.2 Å². The maximum atomic E-state index is 13.9. The second kappa shape index (κ2) is 12.3. The number of carbonyl (C=O) groups is 5. The van der Waals surface area contributed by atoms with Crippen LogP contribution in [0.2, 0.25) is 0 Å². The first-order valence-corrected chi connectivity index (χ1v) is 17.7. The normalized spacial score (nSPS) is 27.3. The average Bonchev–Trinajstić information content (AvgIpc) is 3.54. The second-order valence-corrected chi connectivity index (χ2v) is 16.3. The molecule has 3 fully saturated rings. The van der Waals surface area contributed by atoms with Gasteiger partial charge in [-0.05, 0) is 48.1 Å². The number of hydrogen-bond acceptors (Lipinski definition) is 8. The van der Waals surface area contributed by atoms with Crippen LogP contribution in [0.15, 0.2) is 53.4 Å². The van der Waals surface area contributed by atoms with Gasteiger partial charge in [-0.2, -0.15) is 10.6 Å². The van der Waals surface area contributed by atoms with Crippen molar-refractivity contribution in [3.63, 3.8) is 0 Å². The van der Waals surface area contributed by atoms with Crippen molar-refractivity contribution in [2.45, 2.75) is 62.7 Å². The van der Waals surface area contributed by atoms with Gasteiger partial charge in [-0.3, -0.25) is 28.8 Å². The molecule has 6 rings (SSSR count). The Bertz CT molecular complexity index is 1650. The first kappa shape index (κ1) is 33.6. The SMILES string of the molecule is CC(C)(C)C1CC(C(=O)N2CC(NC(=O)c3ccc(CN4CCS(O)(O)c5ccccc54)cc3)C3(C2)NC(=O)NC3=O)CCN1C(=O)O. The molecule has 1 spiro atoms. The topological polar surface area (TPSA) is 192 Å². The molecule has 4 aliphatic heterocycles. The fourth-order valence-corrected chi connectivity index (χ4v) is 8.92. The van der Waals surface area contributed by atoms with Crippen LogP contribution in [-0.2, 0) is 16.1 Å². The fraction of sp³-hybridized carbons (Fsp3) is 0.485. The molecule has 4 aliphatic rings. The summed E-state index contributed by atoms with van der Waals surface area (Å²) in [6, 6.07) is 12.1. The second-order valence-electron chi connectivity index (χ2n) is 14.2. The Balaban J connectivity index is 1.15. The van der Waals surface area contributed by atoms with E-state index in [1.807, 2.05) is 45.0 Å². The Morgan fingerprint density at radius 2 is 1.75 bits per heavy atom. The summed E-state index contributed by atoms with van der Waals surface area (Å²) in [7, 11) is -2.84. The lowest BCUT2D eigenvalue weighted by Crippen LogP contribution is -2.62. The zero-order chi connectivity index (χ0) is 34.6. The molecule has 4 heterocycles. The lowest BCUT2D eigenvalue weighted by molar-refractivity contribution is -0.137. The van der Waals surface area contributed by atoms with Crippen molar-refractivity contribution in [2.75, 3.05) is 36.8 Å². The Labute approximate surface area is 280 Å². The molecule has 0 bridgehead atoms. The number of carboxylic acid groups (broad SMARTS) is 1. The summed E-state index contributed by atoms with van der Waals surface area (Å²) in [6.07, 6.45) is -0.376. The van der Waals surface area contributed by atoms with Gasteiger partial charge in [-0.15, -0.1) is 0 Å². The Morgan fingerprint density at radius 3 is 2.40 bits per heavy atom. The molecule has 2 aromatic carbocycles. The molecule has 0 aliphatic carbocycles. The minimum Gasteiger partial charge on any atom is -0.465 e. The summed E-state index contributed by atoms with van der Waals surface area (Å²) in [4.78, 5) is 70.2. The number of carbonyl (C=O) groups excluding carboxylic acids is 4. The summed E-state index contributed by atoms with van der Waals surface area (Å²) in [6.45, 7) is 6.82. The summed E-state index contributed by atoms with van der Waals surface area (Å²) >= 11 is 0. The van der Waals surface area contributed by atoms with E-state index in [1.165, 1.54) is 9.80 Å². The van der Waals surface area contributed by atoms with Crippen molar-refractivity contribution in [3.05, 3.63) is 59.7 Å². The summed E-state index contributed by atoms with van der Waals surface area (Å²) in [5, 5.41) is 17.5. The number of nitrogens with one attached hydrogen (secondary N) is 3. The van der Waals surface area contributed by atoms with Gasteiger partial charge in [-0.25, -0.2) is 9.59 Å². The number of amides is 6. The highest BCUT2D eigenvalue weighted by Crippen LogP contribution is 2.55. The van der Waals surface area contributed by atoms with Crippen LogP contribution >= 0.6 is 10.6 Å². The summed E-state index contributed by atoms with van der Waals surface area (Å²) in [5.74, 6) is -1.60. The zero-order valence-corrected chi connectivity index (χ0v) is 28.0. The molecule has 2 aromatic rings. The number of hydrogen-bond donors (Lipinski definition) is 6. The van der Waals surface area contributed by atoms with Crippen LogP contribution in [0.4, 0.5) is 15.3 Å². The first-order chi connectivity index (χ1) is 22.6. The molecule has 4 atom stereocenters. The molecule has 3 saturated heterocycles. The number of nitrogens with zero attached hydrogens (tertiary/aromatic N) is 3. The minimum absolute atomic E-state index is 0.0107. The summed E-state index contributed by atoms with van der Waals surface area (Å²) in [5.41, 5.74) is 0.0315. The minimum atomic E-state index is -2.84. The third kappa shape index (κ3) is 6.17. The number of fused-ring (bicyclic) bond motifs is 1. The van der Waals surface area contributed by atoms with E-state index < -0.39 is 57.4 Å². The van der Waals surface area contributed by atoms with Crippen molar-refractivity contribution in [1.82, 2.24) is 25.8 Å². The van der Waals surface area contributed by atoms with Gasteiger partial charge >= 0.3 is 12.1 Å². The van der Waals surface area contributed by atoms with Crippen molar-refractivity contribution >= 4 is 46.1 Å². The first-order valence-electron chi connectivity index (χ1n) is 16.0. The van der Waals surface area contributed by atoms with E-state index >= 15 is 0 Å². The standard InChI is InChI=1S/C33H42N6O8S/c1-32(2,3)26-16-22(12-13-39(26)31(44)45)28(41)38-18-25(33(19-38)29(42)35-30(43)36-33)34-27(40)21-10-8-20(9-11-21)17-37-14-15-48(46,47)24-7-5-4-6-23(24)37/h4-11,22,25-26,46-47H,12-19H2,1-3H3,(H,34,40)(H,44,45)(H2,35,36,42,43). The lowest BCUT2D eigenvalue weighted by Gasteiger charge is -2.44. The monoisotopic (exact) mass is 682 g/mol. The van der Waals surface area contributed by atoms with Crippen LogP contribution in [0.3, 0.4) is 0 Å². The number of piperidine rings is 1. The van der Waals surface area contributed by atoms with Crippen LogP contribution in [0.1, 0.15) is 49.5 Å². The van der Waals surface area contributed by atoms with Gasteiger partial charge in [0.05, 0.1) is 28.9 Å². The van der Waals surface area contributed by atoms with Gasteiger partial charge in [0, 0.05) is 43.7 Å². The van der Waals surface area contributed by atoms with Crippen LogP contribution in [-0.4, -0.2) is 103 Å². The van der Waals surface area contributed by atoms with Crippen LogP contribution in [0.25, 0.3) is 0 Å². The highest BCUT2D eigenvalue weighted by Gasteiger charge is 2.59. The number of anilines is 1. The molecule has 258 valence electrons. The lowest BCUT2D eigenvalue weighted by atomic mass is 9.76. The highest BCUT2D eigenvalue weighted by molar-refractivity contribution is 8.24. The molecule has 48 heavy (non-hydrogen) atoms. The molecule has 0 aromatic heterocycles. The number of para-hydroxylation sites is 1. The van der Waals surface area contributed by atoms with Gasteiger partial charge in [0.25, 0.3) is 11.8 Å². The van der Waals surface area contributed by atoms with Crippen molar-refractivity contribution in [3.8, 4) is 0 Å². The highest BCUT2D eigenvalue weighted by atomic mass is 32.3. The Kier molecular flexibility index (Phi) is 8.58. The van der Waals surface area contributed by atoms with Gasteiger partial charge < -0.3 is 30.4 Å². The van der Waals surface area contributed by atoms with E-state index in [-0.39, 0.29) is 37.3 Å². The van der Waals surface area contributed by atoms with E-state index in [1.54, 1.807) is 24.3 Å². The molecule has 15 heteroatoms. The average molecular weight is 683 g/mol. The number of rotatable bonds is 5. The van der Waals surface area contributed by atoms with E-state index in [0.717, 1.165) is 11.3 Å². The quantitative estimate of drug-likeness (QED) is 0.257. The smallest absolute Gasteiger partial charge is 0.407 e. The predicted molar refractivity (Wildman–Crippen MR) is 178 cm³/mol. The number of likely N-dealkylation sites (tertiary alicyclic amines) is 2. The molecule has 4 unspecified atom stereocenters. The fourth-order valence-electron chi connectivity index (χ4n) is 7.40. The third-order valence-corrected chi connectivity index (χ3v) is 11.8. The molecule has 6 amide bonds. The van der Waals surface area contributed by atoms with Crippen molar-refractivity contribution in [1.29, 1.82) is 0 Å². The third-order valence-electron chi connectivity index (χ3n) is 10.0. The molecular formula is C33H42N6O8S. The van der Waals surface area contributed by atoms with Gasteiger partial charge in [0.15, 0.2) is 5.54 Å². The zero-order valence-electron chi connectivity index (χ0n) is 27.1. The van der Waals surface area contributed by atoms with Crippen LogP contribution in [0, 0.1) is 11.3 Å². The molecule has 0 radical (unpaired) electrons. The maximum Gasteiger partial charge on any atom is 0.407 e. The Morgan fingerprint density at radius 1 is 1.04 bits per heavy atom. The number of imide groups is 1. The van der Waals surface area contributed by atoms with Crippen LogP contribution in [0.5, 0.6) is 0 Å². The summed E-state index contributed by atoms with van der Waals surface area (Å²) < 4.78 is 21.0. The molecule has 6 N–H and O–H groups in total. The van der Waals surface area contributed by atoms with Gasteiger partial charge in [0.1, 0.15) is 0 Å². The Hall–Kier alpha value is -4.34. The largest absolute Gasteiger partial charge is 0.465 e. The molecular weight excluding hydrogens is 640 g/mol. The van der Waals surface area contributed by atoms with E-state index in [2.05, 4.69) is 20.9 Å². The van der Waals surface area contributed by atoms with Gasteiger partial charge in [0.2, 0.25) is 5.91 Å². The molecule has 14 nitrogen and oxygen atoms in total. The number of benzene rings is 2. The van der Waals surface area contributed by atoms with E-state index in [9.17, 15) is 38.2 Å². The van der Waals surface area contributed by atoms with Gasteiger partial charge in [-0.1, -0.05) is 45.0 Å². The van der Waals surface area contributed by atoms with E-state index in [0.29, 0.717) is 36.4 Å². The van der Waals surface area contributed by atoms with E-state index in [4.69, 9.17) is 0 Å². The maximum absolute atomic E-state index is 13.9. The van der Waals surface area contributed by atoms with Crippen molar-refractivity contribution in [2.24, 2.45) is 11.3 Å².